The second-order valence-electron chi connectivity index (χ2n) is 11.1. The van der Waals surface area contributed by atoms with Gasteiger partial charge in [0.15, 0.2) is 0 Å². The summed E-state index contributed by atoms with van der Waals surface area (Å²) in [5.41, 5.74) is 5.13. The number of anilines is 2. The highest BCUT2D eigenvalue weighted by molar-refractivity contribution is 7.92. The van der Waals surface area contributed by atoms with Crippen molar-refractivity contribution < 1.29 is 27.8 Å². The van der Waals surface area contributed by atoms with Gasteiger partial charge in [0.1, 0.15) is 18.5 Å². The molecule has 1 aliphatic rings. The Kier molecular flexibility index (Phi) is 10.8. The number of carbonyl (C=O) groups is 1. The van der Waals surface area contributed by atoms with Crippen molar-refractivity contribution in [3.63, 3.8) is 0 Å². The van der Waals surface area contributed by atoms with E-state index in [-0.39, 0.29) is 18.9 Å². The highest BCUT2D eigenvalue weighted by Crippen LogP contribution is 2.34. The zero-order valence-electron chi connectivity index (χ0n) is 26.1. The Bertz CT molecular complexity index is 1760. The summed E-state index contributed by atoms with van der Waals surface area (Å²) in [4.78, 5) is 17.7. The van der Waals surface area contributed by atoms with Crippen molar-refractivity contribution in [2.75, 3.05) is 42.2 Å². The average Bonchev–Trinajstić information content (AvgIpc) is 3.27. The molecule has 3 aromatic carbocycles. The van der Waals surface area contributed by atoms with Crippen molar-refractivity contribution in [1.82, 2.24) is 4.98 Å². The quantitative estimate of drug-likeness (QED) is 0.167. The number of benzene rings is 3. The summed E-state index contributed by atoms with van der Waals surface area (Å²) in [7, 11) is -3.59. The molecule has 0 fully saturated rings. The van der Waals surface area contributed by atoms with Crippen LogP contribution < -0.4 is 14.4 Å². The van der Waals surface area contributed by atoms with Crippen molar-refractivity contribution in [3.05, 3.63) is 114 Å². The fourth-order valence-electron chi connectivity index (χ4n) is 5.18. The number of hydrogen-bond acceptors (Lipinski definition) is 7. The maximum absolute atomic E-state index is 13.4. The van der Waals surface area contributed by atoms with E-state index in [0.29, 0.717) is 47.0 Å². The third kappa shape index (κ3) is 8.39. The van der Waals surface area contributed by atoms with Gasteiger partial charge >= 0.3 is 0 Å². The summed E-state index contributed by atoms with van der Waals surface area (Å²) in [6.07, 6.45) is 6.02. The molecule has 0 saturated carbocycles. The van der Waals surface area contributed by atoms with Crippen LogP contribution in [-0.2, 0) is 19.6 Å². The molecule has 1 amide bonds. The lowest BCUT2D eigenvalue weighted by atomic mass is 10.00. The van der Waals surface area contributed by atoms with Crippen LogP contribution in [0, 0.1) is 0 Å². The molecule has 0 radical (unpaired) electrons. The zero-order chi connectivity index (χ0) is 32.5. The van der Waals surface area contributed by atoms with Crippen molar-refractivity contribution >= 4 is 33.4 Å². The van der Waals surface area contributed by atoms with Crippen molar-refractivity contribution in [1.29, 1.82) is 0 Å². The smallest absolute Gasteiger partial charge is 0.251 e. The maximum Gasteiger partial charge on any atom is 0.251 e. The van der Waals surface area contributed by atoms with Crippen LogP contribution in [0.3, 0.4) is 0 Å². The standard InChI is InChI=1S/C36H39N3O6S/c1-3-4-21-44-22-23-45-32-15-10-26(11-16-32)28-12-17-34-30(24-28)25-29(18-20-39(34)46(2,42)43)36(41)38-31-13-8-27(9-14-31)35(40)33-7-5-6-19-37-33/h5-17,19,24-25,35,40H,3-4,18,20-23H2,1-2H3,(H,38,41). The summed E-state index contributed by atoms with van der Waals surface area (Å²) in [6.45, 7) is 3.99. The Morgan fingerprint density at radius 3 is 2.43 bits per heavy atom. The number of ether oxygens (including phenoxy) is 2. The number of fused-ring (bicyclic) bond motifs is 1. The number of aromatic nitrogens is 1. The van der Waals surface area contributed by atoms with E-state index in [1.807, 2.05) is 42.5 Å². The van der Waals surface area contributed by atoms with Gasteiger partial charge in [-0.1, -0.05) is 49.7 Å². The van der Waals surface area contributed by atoms with Crippen LogP contribution in [0.4, 0.5) is 11.4 Å². The highest BCUT2D eigenvalue weighted by Gasteiger charge is 2.25. The molecule has 46 heavy (non-hydrogen) atoms. The van der Waals surface area contributed by atoms with E-state index >= 15 is 0 Å². The Morgan fingerprint density at radius 2 is 1.74 bits per heavy atom. The number of aliphatic hydroxyl groups excluding tert-OH is 1. The summed E-state index contributed by atoms with van der Waals surface area (Å²) in [6, 6.07) is 25.5. The number of sulfonamides is 1. The molecule has 0 bridgehead atoms. The molecule has 9 nitrogen and oxygen atoms in total. The molecule has 0 spiro atoms. The monoisotopic (exact) mass is 641 g/mol. The number of rotatable bonds is 13. The molecule has 1 aliphatic heterocycles. The predicted octanol–water partition coefficient (Wildman–Crippen LogP) is 6.22. The van der Waals surface area contributed by atoms with E-state index in [9.17, 15) is 18.3 Å². The average molecular weight is 642 g/mol. The fourth-order valence-corrected chi connectivity index (χ4v) is 6.13. The first-order chi connectivity index (χ1) is 22.2. The lowest BCUT2D eigenvalue weighted by Crippen LogP contribution is -2.31. The molecule has 0 saturated heterocycles. The first-order valence-electron chi connectivity index (χ1n) is 15.4. The molecule has 1 unspecified atom stereocenters. The lowest BCUT2D eigenvalue weighted by Gasteiger charge is -2.23. The van der Waals surface area contributed by atoms with Gasteiger partial charge in [-0.2, -0.15) is 0 Å². The third-order valence-corrected chi connectivity index (χ3v) is 8.86. The van der Waals surface area contributed by atoms with Gasteiger partial charge in [0.25, 0.3) is 5.91 Å². The molecule has 1 atom stereocenters. The first kappa shape index (κ1) is 32.9. The van der Waals surface area contributed by atoms with Crippen LogP contribution in [0.25, 0.3) is 17.2 Å². The van der Waals surface area contributed by atoms with E-state index in [2.05, 4.69) is 17.2 Å². The van der Waals surface area contributed by atoms with Crippen molar-refractivity contribution in [3.8, 4) is 16.9 Å². The van der Waals surface area contributed by atoms with Gasteiger partial charge in [0.2, 0.25) is 10.0 Å². The van der Waals surface area contributed by atoms with E-state index in [0.717, 1.165) is 36.3 Å². The highest BCUT2D eigenvalue weighted by atomic mass is 32.2. The van der Waals surface area contributed by atoms with Crippen LogP contribution in [0.2, 0.25) is 0 Å². The number of unbranched alkanes of at least 4 members (excludes halogenated alkanes) is 1. The van der Waals surface area contributed by atoms with Gasteiger partial charge in [-0.25, -0.2) is 8.42 Å². The Morgan fingerprint density at radius 1 is 0.978 bits per heavy atom. The van der Waals surface area contributed by atoms with Crippen LogP contribution in [0.1, 0.15) is 49.1 Å². The Hall–Kier alpha value is -4.51. The Labute approximate surface area is 270 Å². The molecular formula is C36H39N3O6S. The van der Waals surface area contributed by atoms with E-state index < -0.39 is 16.1 Å². The van der Waals surface area contributed by atoms with Crippen LogP contribution in [0.15, 0.2) is 96.7 Å². The summed E-state index contributed by atoms with van der Waals surface area (Å²) >= 11 is 0. The number of nitrogens with one attached hydrogen (secondary N) is 1. The molecular weight excluding hydrogens is 602 g/mol. The molecule has 1 aromatic heterocycles. The van der Waals surface area contributed by atoms with Gasteiger partial charge in [-0.05, 0) is 89.7 Å². The minimum absolute atomic E-state index is 0.133. The predicted molar refractivity (Wildman–Crippen MR) is 181 cm³/mol. The molecule has 2 N–H and O–H groups in total. The summed E-state index contributed by atoms with van der Waals surface area (Å²) in [5.74, 6) is 0.406. The van der Waals surface area contributed by atoms with Gasteiger partial charge in [0.05, 0.1) is 24.2 Å². The van der Waals surface area contributed by atoms with Gasteiger partial charge in [0, 0.05) is 30.6 Å². The summed E-state index contributed by atoms with van der Waals surface area (Å²) < 4.78 is 38.2. The molecule has 10 heteroatoms. The van der Waals surface area contributed by atoms with E-state index in [1.165, 1.54) is 10.6 Å². The second-order valence-corrected chi connectivity index (χ2v) is 13.0. The minimum Gasteiger partial charge on any atom is -0.491 e. The minimum atomic E-state index is -3.59. The number of pyridine rings is 1. The SMILES string of the molecule is CCCCOCCOc1ccc(-c2ccc3c(c2)C=C(C(=O)Nc2ccc(C(O)c4ccccn4)cc2)CCN3S(C)(=O)=O)cc1. The van der Waals surface area contributed by atoms with E-state index in [4.69, 9.17) is 9.47 Å². The van der Waals surface area contributed by atoms with Gasteiger partial charge in [-0.15, -0.1) is 0 Å². The van der Waals surface area contributed by atoms with Crippen LogP contribution in [-0.4, -0.2) is 57.0 Å². The zero-order valence-corrected chi connectivity index (χ0v) is 26.9. The molecule has 2 heterocycles. The molecule has 4 aromatic rings. The van der Waals surface area contributed by atoms with E-state index in [1.54, 1.807) is 54.7 Å². The number of amides is 1. The topological polar surface area (TPSA) is 118 Å². The summed E-state index contributed by atoms with van der Waals surface area (Å²) in [5, 5.41) is 13.6. The number of hydrogen-bond donors (Lipinski definition) is 2. The van der Waals surface area contributed by atoms with Gasteiger partial charge < -0.3 is 19.9 Å². The molecule has 240 valence electrons. The van der Waals surface area contributed by atoms with Crippen molar-refractivity contribution in [2.24, 2.45) is 0 Å². The largest absolute Gasteiger partial charge is 0.491 e. The second kappa shape index (κ2) is 15.2. The number of aliphatic hydroxyl groups is 1. The van der Waals surface area contributed by atoms with Gasteiger partial charge in [-0.3, -0.25) is 14.1 Å². The number of nitrogens with zero attached hydrogens (tertiary/aromatic N) is 2. The molecule has 5 rings (SSSR count). The third-order valence-electron chi connectivity index (χ3n) is 7.68. The number of carbonyl (C=O) groups excluding carboxylic acids is 1. The normalized spacial score (nSPS) is 13.7. The maximum atomic E-state index is 13.4. The Balaban J connectivity index is 1.32. The van der Waals surface area contributed by atoms with Crippen LogP contribution in [0.5, 0.6) is 5.75 Å². The van der Waals surface area contributed by atoms with Crippen molar-refractivity contribution in [2.45, 2.75) is 32.3 Å². The fraction of sp³-hybridized carbons (Fsp3) is 0.278. The van der Waals surface area contributed by atoms with Crippen LogP contribution >= 0.6 is 0 Å². The first-order valence-corrected chi connectivity index (χ1v) is 17.2. The molecule has 0 aliphatic carbocycles. The lowest BCUT2D eigenvalue weighted by molar-refractivity contribution is -0.112.